The van der Waals surface area contributed by atoms with E-state index in [0.717, 1.165) is 0 Å². The summed E-state index contributed by atoms with van der Waals surface area (Å²) in [5.41, 5.74) is -0.168. The fourth-order valence-corrected chi connectivity index (χ4v) is 1.28. The molecule has 0 bridgehead atoms. The Hall–Kier alpha value is -1.84. The first kappa shape index (κ1) is 13.2. The normalized spacial score (nSPS) is 10.8. The van der Waals surface area contributed by atoms with Crippen LogP contribution in [0.4, 0.5) is 0 Å². The summed E-state index contributed by atoms with van der Waals surface area (Å²) < 4.78 is 9.82. The van der Waals surface area contributed by atoms with Crippen LogP contribution in [0, 0.1) is 0 Å². The van der Waals surface area contributed by atoms with Gasteiger partial charge in [-0.05, 0) is 32.9 Å². The van der Waals surface area contributed by atoms with Crippen molar-refractivity contribution in [2.45, 2.75) is 26.4 Å². The van der Waals surface area contributed by atoms with Crippen molar-refractivity contribution in [2.24, 2.45) is 0 Å². The van der Waals surface area contributed by atoms with Gasteiger partial charge in [-0.1, -0.05) is 12.1 Å². The second-order valence-corrected chi connectivity index (χ2v) is 4.54. The molecule has 0 amide bonds. The van der Waals surface area contributed by atoms with E-state index in [1.165, 1.54) is 13.2 Å². The van der Waals surface area contributed by atoms with E-state index in [1.807, 2.05) is 0 Å². The lowest BCUT2D eigenvalue weighted by Crippen LogP contribution is -2.25. The molecule has 1 rings (SSSR count). The summed E-state index contributed by atoms with van der Waals surface area (Å²) >= 11 is 0. The van der Waals surface area contributed by atoms with Gasteiger partial charge in [-0.3, -0.25) is 0 Å². The fourth-order valence-electron chi connectivity index (χ4n) is 1.28. The van der Waals surface area contributed by atoms with Crippen LogP contribution in [0.2, 0.25) is 0 Å². The minimum atomic E-state index is -0.597. The van der Waals surface area contributed by atoms with Gasteiger partial charge >= 0.3 is 11.9 Å². The van der Waals surface area contributed by atoms with E-state index in [-0.39, 0.29) is 11.1 Å². The van der Waals surface area contributed by atoms with Crippen molar-refractivity contribution in [3.8, 4) is 0 Å². The number of methoxy groups -OCH3 is 1. The number of rotatable bonds is 2. The molecule has 0 atom stereocenters. The van der Waals surface area contributed by atoms with E-state index in [1.54, 1.807) is 39.0 Å². The molecule has 0 aromatic heterocycles. The van der Waals surface area contributed by atoms with Crippen LogP contribution in [0.3, 0.4) is 0 Å². The van der Waals surface area contributed by atoms with Crippen molar-refractivity contribution in [3.63, 3.8) is 0 Å². The van der Waals surface area contributed by atoms with Gasteiger partial charge in [0, 0.05) is 0 Å². The maximum absolute atomic E-state index is 11.9. The second kappa shape index (κ2) is 4.99. The Morgan fingerprint density at radius 3 is 1.88 bits per heavy atom. The summed E-state index contributed by atoms with van der Waals surface area (Å²) in [6.07, 6.45) is 0. The first-order valence-corrected chi connectivity index (χ1v) is 5.26. The minimum Gasteiger partial charge on any atom is -0.465 e. The molecule has 17 heavy (non-hydrogen) atoms. The number of ether oxygens (including phenoxy) is 2. The van der Waals surface area contributed by atoms with Crippen molar-refractivity contribution in [1.82, 2.24) is 0 Å². The van der Waals surface area contributed by atoms with Gasteiger partial charge in [0.15, 0.2) is 0 Å². The molecular weight excluding hydrogens is 220 g/mol. The molecule has 0 aliphatic rings. The first-order valence-electron chi connectivity index (χ1n) is 5.26. The third-order valence-electron chi connectivity index (χ3n) is 1.95. The summed E-state index contributed by atoms with van der Waals surface area (Å²) in [5, 5.41) is 0. The zero-order valence-corrected chi connectivity index (χ0v) is 10.4. The van der Waals surface area contributed by atoms with Crippen LogP contribution in [0.5, 0.6) is 0 Å². The van der Waals surface area contributed by atoms with Gasteiger partial charge in [-0.2, -0.15) is 0 Å². The number of carbonyl (C=O) groups is 2. The molecule has 92 valence electrons. The van der Waals surface area contributed by atoms with Crippen LogP contribution in [-0.2, 0) is 9.47 Å². The highest BCUT2D eigenvalue weighted by Crippen LogP contribution is 2.16. The van der Waals surface area contributed by atoms with Crippen molar-refractivity contribution >= 4 is 11.9 Å². The lowest BCUT2D eigenvalue weighted by Gasteiger charge is -2.20. The molecule has 0 fully saturated rings. The van der Waals surface area contributed by atoms with Crippen molar-refractivity contribution in [1.29, 1.82) is 0 Å². The largest absolute Gasteiger partial charge is 0.465 e. The third-order valence-corrected chi connectivity index (χ3v) is 1.95. The highest BCUT2D eigenvalue weighted by molar-refractivity contribution is 6.03. The molecule has 4 nitrogen and oxygen atoms in total. The molecule has 0 aliphatic carbocycles. The zero-order chi connectivity index (χ0) is 13.1. The molecule has 0 aliphatic heterocycles. The summed E-state index contributed by atoms with van der Waals surface area (Å²) in [5.74, 6) is -1.08. The van der Waals surface area contributed by atoms with Crippen LogP contribution in [0.25, 0.3) is 0 Å². The van der Waals surface area contributed by atoms with Crippen LogP contribution >= 0.6 is 0 Å². The van der Waals surface area contributed by atoms with E-state index < -0.39 is 17.5 Å². The molecule has 0 saturated heterocycles. The first-order chi connectivity index (χ1) is 7.85. The average Bonchev–Trinajstić information content (AvgIpc) is 2.25. The van der Waals surface area contributed by atoms with E-state index in [0.29, 0.717) is 0 Å². The van der Waals surface area contributed by atoms with Crippen LogP contribution in [0.15, 0.2) is 24.3 Å². The fraction of sp³-hybridized carbons (Fsp3) is 0.385. The maximum atomic E-state index is 11.9. The average molecular weight is 236 g/mol. The molecule has 1 aromatic rings. The number of hydrogen-bond donors (Lipinski definition) is 0. The van der Waals surface area contributed by atoms with Gasteiger partial charge in [-0.15, -0.1) is 0 Å². The number of benzene rings is 1. The highest BCUT2D eigenvalue weighted by Gasteiger charge is 2.22. The molecular formula is C13H16O4. The molecule has 0 saturated carbocycles. The lowest BCUT2D eigenvalue weighted by atomic mass is 10.1. The Labute approximate surface area is 101 Å². The lowest BCUT2D eigenvalue weighted by molar-refractivity contribution is 0.00653. The van der Waals surface area contributed by atoms with E-state index >= 15 is 0 Å². The van der Waals surface area contributed by atoms with Crippen molar-refractivity contribution in [3.05, 3.63) is 35.4 Å². The standard InChI is InChI=1S/C13H16O4/c1-13(2,3)17-12(15)10-8-6-5-7-9(10)11(14)16-4/h5-8H,1-4H3. The van der Waals surface area contributed by atoms with Gasteiger partial charge in [0.2, 0.25) is 0 Å². The Bertz CT molecular complexity index is 429. The maximum Gasteiger partial charge on any atom is 0.339 e. The van der Waals surface area contributed by atoms with Gasteiger partial charge < -0.3 is 9.47 Å². The van der Waals surface area contributed by atoms with Crippen LogP contribution in [-0.4, -0.2) is 24.6 Å². The quantitative estimate of drug-likeness (QED) is 0.740. The van der Waals surface area contributed by atoms with E-state index in [9.17, 15) is 9.59 Å². The van der Waals surface area contributed by atoms with Crippen LogP contribution < -0.4 is 0 Å². The highest BCUT2D eigenvalue weighted by atomic mass is 16.6. The Kier molecular flexibility index (Phi) is 3.89. The monoisotopic (exact) mass is 236 g/mol. The number of esters is 2. The third kappa shape index (κ3) is 3.59. The summed E-state index contributed by atoms with van der Waals surface area (Å²) in [7, 11) is 1.27. The SMILES string of the molecule is COC(=O)c1ccccc1C(=O)OC(C)(C)C. The van der Waals surface area contributed by atoms with Gasteiger partial charge in [-0.25, -0.2) is 9.59 Å². The second-order valence-electron chi connectivity index (χ2n) is 4.54. The van der Waals surface area contributed by atoms with Crippen LogP contribution in [0.1, 0.15) is 41.5 Å². The Morgan fingerprint density at radius 2 is 1.47 bits per heavy atom. The molecule has 1 aromatic carbocycles. The molecule has 0 spiro atoms. The van der Waals surface area contributed by atoms with E-state index in [2.05, 4.69) is 4.74 Å². The van der Waals surface area contributed by atoms with Gasteiger partial charge in [0.05, 0.1) is 18.2 Å². The Morgan fingerprint density at radius 1 is 1.00 bits per heavy atom. The molecule has 0 unspecified atom stereocenters. The molecule has 0 heterocycles. The zero-order valence-electron chi connectivity index (χ0n) is 10.4. The smallest absolute Gasteiger partial charge is 0.339 e. The molecule has 4 heteroatoms. The van der Waals surface area contributed by atoms with Gasteiger partial charge in [0.1, 0.15) is 5.60 Å². The summed E-state index contributed by atoms with van der Waals surface area (Å²) in [6.45, 7) is 5.31. The topological polar surface area (TPSA) is 52.6 Å². The Balaban J connectivity index is 3.05. The van der Waals surface area contributed by atoms with Crippen molar-refractivity contribution in [2.75, 3.05) is 7.11 Å². The molecule has 0 N–H and O–H groups in total. The predicted octanol–water partition coefficient (Wildman–Crippen LogP) is 2.43. The molecule has 0 radical (unpaired) electrons. The summed E-state index contributed by atoms with van der Waals surface area (Å²) in [6, 6.07) is 6.41. The number of carbonyl (C=O) groups excluding carboxylic acids is 2. The predicted molar refractivity (Wildman–Crippen MR) is 63.0 cm³/mol. The van der Waals surface area contributed by atoms with E-state index in [4.69, 9.17) is 4.74 Å². The number of hydrogen-bond acceptors (Lipinski definition) is 4. The van der Waals surface area contributed by atoms with Gasteiger partial charge in [0.25, 0.3) is 0 Å². The van der Waals surface area contributed by atoms with Crippen molar-refractivity contribution < 1.29 is 19.1 Å². The summed E-state index contributed by atoms with van der Waals surface area (Å²) in [4.78, 5) is 23.3. The minimum absolute atomic E-state index is 0.212.